The lowest BCUT2D eigenvalue weighted by atomic mass is 9.81. The van der Waals surface area contributed by atoms with E-state index in [1.165, 1.54) is 0 Å². The van der Waals surface area contributed by atoms with Crippen LogP contribution in [0.5, 0.6) is 0 Å². The monoisotopic (exact) mass is 207 g/mol. The summed E-state index contributed by atoms with van der Waals surface area (Å²) in [6.45, 7) is 9.86. The number of hydrogen-bond donors (Lipinski definition) is 2. The van der Waals surface area contributed by atoms with Crippen LogP contribution in [-0.2, 0) is 0 Å². The minimum Gasteiger partial charge on any atom is -0.382 e. The van der Waals surface area contributed by atoms with Gasteiger partial charge in [0.05, 0.1) is 5.69 Å². The fraction of sp³-hybridized carbons (Fsp3) is 0.583. The molecule has 0 saturated carbocycles. The van der Waals surface area contributed by atoms with Crippen molar-refractivity contribution in [3.8, 4) is 0 Å². The molecule has 0 saturated heterocycles. The van der Waals surface area contributed by atoms with E-state index >= 15 is 0 Å². The summed E-state index contributed by atoms with van der Waals surface area (Å²) in [5.41, 5.74) is 6.93. The molecule has 0 aliphatic heterocycles. The molecule has 1 heterocycles. The van der Waals surface area contributed by atoms with Gasteiger partial charge in [0.2, 0.25) is 0 Å². The van der Waals surface area contributed by atoms with Crippen molar-refractivity contribution in [2.75, 3.05) is 17.6 Å². The fourth-order valence-corrected chi connectivity index (χ4v) is 1.09. The molecule has 3 nitrogen and oxygen atoms in total. The van der Waals surface area contributed by atoms with Crippen molar-refractivity contribution < 1.29 is 0 Å². The summed E-state index contributed by atoms with van der Waals surface area (Å²) in [5.74, 6) is 1.19. The van der Waals surface area contributed by atoms with Crippen LogP contribution < -0.4 is 11.1 Å². The average molecular weight is 207 g/mol. The predicted molar refractivity (Wildman–Crippen MR) is 65.8 cm³/mol. The van der Waals surface area contributed by atoms with Gasteiger partial charge in [-0.15, -0.1) is 0 Å². The molecule has 0 unspecified atom stereocenters. The Morgan fingerprint density at radius 2 is 2.13 bits per heavy atom. The number of nitrogens with two attached hydrogens (primary N) is 1. The van der Waals surface area contributed by atoms with E-state index in [4.69, 9.17) is 5.73 Å². The number of aromatic nitrogens is 1. The van der Waals surface area contributed by atoms with Crippen LogP contribution >= 0.6 is 0 Å². The van der Waals surface area contributed by atoms with Crippen LogP contribution in [0, 0.1) is 11.3 Å². The summed E-state index contributed by atoms with van der Waals surface area (Å²) in [7, 11) is 0. The maximum absolute atomic E-state index is 5.75. The van der Waals surface area contributed by atoms with Gasteiger partial charge in [-0.25, -0.2) is 4.98 Å². The van der Waals surface area contributed by atoms with E-state index in [0.29, 0.717) is 11.7 Å². The number of nitrogens with one attached hydrogen (secondary N) is 1. The first kappa shape index (κ1) is 11.8. The van der Waals surface area contributed by atoms with Gasteiger partial charge in [0, 0.05) is 12.7 Å². The van der Waals surface area contributed by atoms with E-state index in [2.05, 4.69) is 38.0 Å². The van der Waals surface area contributed by atoms with Crippen LogP contribution in [0.15, 0.2) is 18.3 Å². The molecule has 1 rings (SSSR count). The zero-order valence-corrected chi connectivity index (χ0v) is 10.0. The maximum Gasteiger partial charge on any atom is 0.146 e. The molecule has 0 aliphatic rings. The summed E-state index contributed by atoms with van der Waals surface area (Å²) in [4.78, 5) is 4.04. The molecular weight excluding hydrogens is 186 g/mol. The van der Waals surface area contributed by atoms with E-state index in [1.54, 1.807) is 6.20 Å². The molecule has 0 spiro atoms. The zero-order chi connectivity index (χ0) is 11.5. The smallest absolute Gasteiger partial charge is 0.146 e. The summed E-state index contributed by atoms with van der Waals surface area (Å²) >= 11 is 0. The molecule has 0 amide bonds. The topological polar surface area (TPSA) is 50.9 Å². The molecule has 3 heteroatoms. The third-order valence-electron chi connectivity index (χ3n) is 3.14. The van der Waals surface area contributed by atoms with Crippen LogP contribution in [0.4, 0.5) is 11.5 Å². The number of nitrogens with zero attached hydrogens (tertiary/aromatic N) is 1. The number of pyridine rings is 1. The highest BCUT2D eigenvalue weighted by atomic mass is 15.0. The molecule has 0 aromatic carbocycles. The number of nitrogen functional groups attached to an aromatic ring is 1. The van der Waals surface area contributed by atoms with Crippen LogP contribution in [0.2, 0.25) is 0 Å². The second-order valence-electron chi connectivity index (χ2n) is 4.93. The lowest BCUT2D eigenvalue weighted by molar-refractivity contribution is 0.270. The van der Waals surface area contributed by atoms with Crippen LogP contribution in [0.1, 0.15) is 27.7 Å². The van der Waals surface area contributed by atoms with Crippen molar-refractivity contribution in [3.63, 3.8) is 0 Å². The van der Waals surface area contributed by atoms with E-state index in [-0.39, 0.29) is 5.41 Å². The summed E-state index contributed by atoms with van der Waals surface area (Å²) in [5, 5.41) is 3.35. The molecule has 1 aromatic heterocycles. The molecule has 84 valence electrons. The second kappa shape index (κ2) is 4.51. The van der Waals surface area contributed by atoms with E-state index in [0.717, 1.165) is 12.2 Å². The molecule has 3 N–H and O–H groups in total. The van der Waals surface area contributed by atoms with E-state index < -0.39 is 0 Å². The molecule has 0 fully saturated rings. The zero-order valence-electron chi connectivity index (χ0n) is 10.0. The Morgan fingerprint density at radius 3 is 2.67 bits per heavy atom. The average Bonchev–Trinajstić information content (AvgIpc) is 2.16. The third kappa shape index (κ3) is 3.11. The highest BCUT2D eigenvalue weighted by Gasteiger charge is 2.22. The van der Waals surface area contributed by atoms with Crippen LogP contribution in [0.25, 0.3) is 0 Å². The molecule has 0 aliphatic carbocycles. The van der Waals surface area contributed by atoms with Gasteiger partial charge in [-0.3, -0.25) is 0 Å². The van der Waals surface area contributed by atoms with Gasteiger partial charge in [-0.2, -0.15) is 0 Å². The van der Waals surface area contributed by atoms with Crippen molar-refractivity contribution in [1.82, 2.24) is 4.98 Å². The maximum atomic E-state index is 5.75. The molecule has 0 radical (unpaired) electrons. The van der Waals surface area contributed by atoms with Gasteiger partial charge in [-0.1, -0.05) is 27.7 Å². The van der Waals surface area contributed by atoms with Crippen molar-refractivity contribution in [1.29, 1.82) is 0 Å². The molecule has 0 bridgehead atoms. The van der Waals surface area contributed by atoms with Crippen molar-refractivity contribution in [2.24, 2.45) is 11.3 Å². The highest BCUT2D eigenvalue weighted by molar-refractivity contribution is 5.60. The predicted octanol–water partition coefficient (Wildman–Crippen LogP) is 2.76. The molecule has 15 heavy (non-hydrogen) atoms. The Balaban J connectivity index is 2.62. The third-order valence-corrected chi connectivity index (χ3v) is 3.14. The standard InChI is InChI=1S/C12H21N3/c1-9(2)12(3,4)8-15-10-6-5-7-14-11(10)13/h5-7,9,15H,8H2,1-4H3,(H2,13,14). The Hall–Kier alpha value is -1.25. The molecular formula is C12H21N3. The normalized spacial score (nSPS) is 11.8. The number of rotatable bonds is 4. The quantitative estimate of drug-likeness (QED) is 0.798. The number of hydrogen-bond acceptors (Lipinski definition) is 3. The fourth-order valence-electron chi connectivity index (χ4n) is 1.09. The van der Waals surface area contributed by atoms with E-state index in [1.807, 2.05) is 12.1 Å². The Kier molecular flexibility index (Phi) is 3.56. The van der Waals surface area contributed by atoms with Gasteiger partial charge in [0.15, 0.2) is 0 Å². The van der Waals surface area contributed by atoms with Crippen LogP contribution in [0.3, 0.4) is 0 Å². The van der Waals surface area contributed by atoms with Gasteiger partial charge < -0.3 is 11.1 Å². The largest absolute Gasteiger partial charge is 0.382 e. The first-order chi connectivity index (χ1) is 6.93. The Morgan fingerprint density at radius 1 is 1.47 bits per heavy atom. The first-order valence-electron chi connectivity index (χ1n) is 5.38. The van der Waals surface area contributed by atoms with Crippen molar-refractivity contribution in [3.05, 3.63) is 18.3 Å². The van der Waals surface area contributed by atoms with Crippen molar-refractivity contribution >= 4 is 11.5 Å². The SMILES string of the molecule is CC(C)C(C)(C)CNc1cccnc1N. The Labute approximate surface area is 92.1 Å². The summed E-state index contributed by atoms with van der Waals surface area (Å²) in [6.07, 6.45) is 1.70. The minimum atomic E-state index is 0.252. The first-order valence-corrected chi connectivity index (χ1v) is 5.38. The van der Waals surface area contributed by atoms with Crippen LogP contribution in [-0.4, -0.2) is 11.5 Å². The second-order valence-corrected chi connectivity index (χ2v) is 4.93. The van der Waals surface area contributed by atoms with Crippen molar-refractivity contribution in [2.45, 2.75) is 27.7 Å². The van der Waals surface area contributed by atoms with Gasteiger partial charge in [-0.05, 0) is 23.5 Å². The lowest BCUT2D eigenvalue weighted by Crippen LogP contribution is -2.28. The lowest BCUT2D eigenvalue weighted by Gasteiger charge is -2.30. The molecule has 0 atom stereocenters. The summed E-state index contributed by atoms with van der Waals surface area (Å²) < 4.78 is 0. The minimum absolute atomic E-state index is 0.252. The number of anilines is 2. The van der Waals surface area contributed by atoms with Gasteiger partial charge in [0.25, 0.3) is 0 Å². The van der Waals surface area contributed by atoms with Gasteiger partial charge in [0.1, 0.15) is 5.82 Å². The van der Waals surface area contributed by atoms with Gasteiger partial charge >= 0.3 is 0 Å². The van der Waals surface area contributed by atoms with E-state index in [9.17, 15) is 0 Å². The molecule has 1 aromatic rings. The highest BCUT2D eigenvalue weighted by Crippen LogP contribution is 2.27. The Bertz CT molecular complexity index is 318. The summed E-state index contributed by atoms with van der Waals surface area (Å²) in [6, 6.07) is 3.85.